The molecule has 0 N–H and O–H groups in total. The Balaban J connectivity index is 1.82. The molecule has 1 atom stereocenters. The minimum Gasteiger partial charge on any atom is -0.360 e. The molecule has 0 radical (unpaired) electrons. The first-order chi connectivity index (χ1) is 11.2. The second kappa shape index (κ2) is 5.45. The average molecular weight is 311 g/mol. The maximum atomic E-state index is 4.75. The van der Waals surface area contributed by atoms with Gasteiger partial charge in [0.2, 0.25) is 11.3 Å². The lowest BCUT2D eigenvalue weighted by molar-refractivity contribution is 0.314. The van der Waals surface area contributed by atoms with Gasteiger partial charge in [-0.25, -0.2) is 14.6 Å². The highest BCUT2D eigenvalue weighted by molar-refractivity contribution is 5.74. The van der Waals surface area contributed by atoms with Crippen LogP contribution in [0, 0.1) is 0 Å². The average Bonchev–Trinajstić information content (AvgIpc) is 3.23. The molecule has 1 aliphatic rings. The highest BCUT2D eigenvalue weighted by Gasteiger charge is 2.31. The molecule has 1 fully saturated rings. The molecular weight excluding hydrogens is 294 g/mol. The van der Waals surface area contributed by atoms with Crippen LogP contribution >= 0.6 is 0 Å². The summed E-state index contributed by atoms with van der Waals surface area (Å²) in [6, 6.07) is 6.20. The number of rotatable bonds is 3. The molecule has 0 unspecified atom stereocenters. The fraction of sp³-hybridized carbons (Fsp3) is 0.400. The largest absolute Gasteiger partial charge is 0.360 e. The van der Waals surface area contributed by atoms with E-state index < -0.39 is 0 Å². The van der Waals surface area contributed by atoms with Gasteiger partial charge in [-0.3, -0.25) is 4.98 Å². The van der Waals surface area contributed by atoms with Crippen molar-refractivity contribution in [1.82, 2.24) is 25.3 Å². The number of pyridine rings is 1. The van der Waals surface area contributed by atoms with Crippen molar-refractivity contribution in [3.8, 4) is 0 Å². The first-order valence-electron chi connectivity index (χ1n) is 7.59. The van der Waals surface area contributed by atoms with Crippen LogP contribution in [0.15, 0.2) is 29.0 Å². The van der Waals surface area contributed by atoms with Gasteiger partial charge < -0.3 is 9.80 Å². The number of hydrogen-bond acceptors (Lipinski definition) is 8. The molecule has 1 saturated heterocycles. The molecule has 3 aromatic heterocycles. The Hall–Kier alpha value is -2.77. The lowest BCUT2D eigenvalue weighted by Gasteiger charge is -2.28. The van der Waals surface area contributed by atoms with E-state index in [2.05, 4.69) is 36.2 Å². The monoisotopic (exact) mass is 311 g/mol. The van der Waals surface area contributed by atoms with Gasteiger partial charge in [0.15, 0.2) is 11.6 Å². The standard InChI is InChI=1S/C15H17N7O/c1-21(2)14-15(18-13-12(17-14)19-23-20-13)22-9-5-7-11(22)10-6-3-4-8-16-10/h3-4,6,8,11H,5,7,9H2,1-2H3/t11-/m0/s1. The zero-order valence-corrected chi connectivity index (χ0v) is 13.0. The van der Waals surface area contributed by atoms with Crippen molar-refractivity contribution < 1.29 is 4.63 Å². The minimum atomic E-state index is 0.196. The van der Waals surface area contributed by atoms with Crippen molar-refractivity contribution in [2.75, 3.05) is 30.4 Å². The summed E-state index contributed by atoms with van der Waals surface area (Å²) in [5.41, 5.74) is 1.90. The Morgan fingerprint density at radius 3 is 2.74 bits per heavy atom. The molecular formula is C15H17N7O. The maximum absolute atomic E-state index is 4.75. The summed E-state index contributed by atoms with van der Waals surface area (Å²) in [4.78, 5) is 17.9. The topological polar surface area (TPSA) is 84.1 Å². The fourth-order valence-corrected chi connectivity index (χ4v) is 3.01. The SMILES string of the molecule is CN(C)c1nc2nonc2nc1N1CCC[C@H]1c1ccccn1. The van der Waals surface area contributed by atoms with Crippen LogP contribution in [0.25, 0.3) is 11.3 Å². The number of nitrogens with zero attached hydrogens (tertiary/aromatic N) is 7. The summed E-state index contributed by atoms with van der Waals surface area (Å²) >= 11 is 0. The van der Waals surface area contributed by atoms with Crippen LogP contribution in [0.3, 0.4) is 0 Å². The summed E-state index contributed by atoms with van der Waals surface area (Å²) in [6.07, 6.45) is 3.96. The summed E-state index contributed by atoms with van der Waals surface area (Å²) in [5, 5.41) is 7.62. The van der Waals surface area contributed by atoms with Gasteiger partial charge in [0, 0.05) is 26.8 Å². The molecule has 23 heavy (non-hydrogen) atoms. The lowest BCUT2D eigenvalue weighted by Crippen LogP contribution is -2.27. The normalized spacial score (nSPS) is 17.8. The molecule has 0 aliphatic carbocycles. The van der Waals surface area contributed by atoms with Gasteiger partial charge in [-0.05, 0) is 35.3 Å². The second-order valence-corrected chi connectivity index (χ2v) is 5.78. The van der Waals surface area contributed by atoms with E-state index in [0.717, 1.165) is 36.7 Å². The van der Waals surface area contributed by atoms with Crippen molar-refractivity contribution in [2.24, 2.45) is 0 Å². The molecule has 0 saturated carbocycles. The van der Waals surface area contributed by atoms with E-state index in [4.69, 9.17) is 4.63 Å². The predicted octanol–water partition coefficient (Wildman–Crippen LogP) is 1.82. The molecule has 4 rings (SSSR count). The van der Waals surface area contributed by atoms with Crippen LogP contribution in [-0.2, 0) is 0 Å². The van der Waals surface area contributed by atoms with E-state index in [1.54, 1.807) is 0 Å². The molecule has 8 nitrogen and oxygen atoms in total. The van der Waals surface area contributed by atoms with Crippen molar-refractivity contribution in [3.05, 3.63) is 30.1 Å². The van der Waals surface area contributed by atoms with E-state index in [9.17, 15) is 0 Å². The molecule has 1 aliphatic heterocycles. The van der Waals surface area contributed by atoms with E-state index in [1.165, 1.54) is 0 Å². The molecule has 4 heterocycles. The van der Waals surface area contributed by atoms with Gasteiger partial charge in [-0.15, -0.1) is 0 Å². The van der Waals surface area contributed by atoms with Crippen LogP contribution in [0.1, 0.15) is 24.6 Å². The Kier molecular flexibility index (Phi) is 3.29. The molecule has 3 aromatic rings. The quantitative estimate of drug-likeness (QED) is 0.724. The van der Waals surface area contributed by atoms with Crippen molar-refractivity contribution in [3.63, 3.8) is 0 Å². The molecule has 0 amide bonds. The van der Waals surface area contributed by atoms with Gasteiger partial charge in [-0.1, -0.05) is 6.07 Å². The molecule has 0 bridgehead atoms. The minimum absolute atomic E-state index is 0.196. The fourth-order valence-electron chi connectivity index (χ4n) is 3.01. The van der Waals surface area contributed by atoms with Crippen molar-refractivity contribution in [1.29, 1.82) is 0 Å². The number of aromatic nitrogens is 5. The molecule has 0 spiro atoms. The van der Waals surface area contributed by atoms with E-state index in [-0.39, 0.29) is 6.04 Å². The summed E-state index contributed by atoms with van der Waals surface area (Å²) < 4.78 is 4.75. The van der Waals surface area contributed by atoms with Crippen LogP contribution in [0.2, 0.25) is 0 Å². The first-order valence-corrected chi connectivity index (χ1v) is 7.59. The van der Waals surface area contributed by atoms with Crippen LogP contribution in [-0.4, -0.2) is 45.9 Å². The highest BCUT2D eigenvalue weighted by atomic mass is 16.6. The molecule has 0 aromatic carbocycles. The van der Waals surface area contributed by atoms with Gasteiger partial charge in [-0.2, -0.15) is 0 Å². The van der Waals surface area contributed by atoms with Crippen LogP contribution in [0.5, 0.6) is 0 Å². The van der Waals surface area contributed by atoms with E-state index in [1.807, 2.05) is 37.3 Å². The Labute approximate surface area is 133 Å². The summed E-state index contributed by atoms with van der Waals surface area (Å²) in [7, 11) is 3.89. The highest BCUT2D eigenvalue weighted by Crippen LogP contribution is 2.38. The van der Waals surface area contributed by atoms with E-state index >= 15 is 0 Å². The second-order valence-electron chi connectivity index (χ2n) is 5.78. The predicted molar refractivity (Wildman–Crippen MR) is 85.3 cm³/mol. The zero-order chi connectivity index (χ0) is 15.8. The first kappa shape index (κ1) is 13.9. The smallest absolute Gasteiger partial charge is 0.245 e. The van der Waals surface area contributed by atoms with Gasteiger partial charge in [0.1, 0.15) is 0 Å². The third kappa shape index (κ3) is 2.36. The summed E-state index contributed by atoms with van der Waals surface area (Å²) in [6.45, 7) is 0.910. The van der Waals surface area contributed by atoms with Crippen molar-refractivity contribution in [2.45, 2.75) is 18.9 Å². The van der Waals surface area contributed by atoms with Crippen LogP contribution in [0.4, 0.5) is 11.6 Å². The van der Waals surface area contributed by atoms with Gasteiger partial charge in [0.25, 0.3) is 0 Å². The molecule has 118 valence electrons. The van der Waals surface area contributed by atoms with E-state index in [0.29, 0.717) is 11.3 Å². The number of anilines is 2. The number of hydrogen-bond donors (Lipinski definition) is 0. The Morgan fingerprint density at radius 1 is 1.17 bits per heavy atom. The maximum Gasteiger partial charge on any atom is 0.245 e. The third-order valence-electron chi connectivity index (χ3n) is 4.06. The lowest BCUT2D eigenvalue weighted by atomic mass is 10.1. The van der Waals surface area contributed by atoms with Crippen LogP contribution < -0.4 is 9.80 Å². The third-order valence-corrected chi connectivity index (χ3v) is 4.06. The Bertz CT molecular complexity index is 817. The molecule has 8 heteroatoms. The van der Waals surface area contributed by atoms with Crippen molar-refractivity contribution >= 4 is 22.9 Å². The Morgan fingerprint density at radius 2 is 2.00 bits per heavy atom. The van der Waals surface area contributed by atoms with Gasteiger partial charge >= 0.3 is 0 Å². The summed E-state index contributed by atoms with van der Waals surface area (Å²) in [5.74, 6) is 1.56. The number of fused-ring (bicyclic) bond motifs is 1. The zero-order valence-electron chi connectivity index (χ0n) is 13.0. The van der Waals surface area contributed by atoms with Gasteiger partial charge in [0.05, 0.1) is 11.7 Å².